The van der Waals surface area contributed by atoms with Crippen LogP contribution in [0.1, 0.15) is 31.8 Å². The lowest BCUT2D eigenvalue weighted by atomic mass is 9.89. The van der Waals surface area contributed by atoms with Gasteiger partial charge in [-0.2, -0.15) is 0 Å². The zero-order valence-corrected chi connectivity index (χ0v) is 15.4. The highest BCUT2D eigenvalue weighted by atomic mass is 16.5. The van der Waals surface area contributed by atoms with Crippen LogP contribution < -0.4 is 10.1 Å². The van der Waals surface area contributed by atoms with E-state index in [0.717, 1.165) is 11.1 Å². The van der Waals surface area contributed by atoms with Crippen LogP contribution in [0.4, 0.5) is 0 Å². The molecule has 1 aliphatic heterocycles. The summed E-state index contributed by atoms with van der Waals surface area (Å²) in [5.74, 6) is 0.138. The van der Waals surface area contributed by atoms with Gasteiger partial charge in [0, 0.05) is 12.1 Å². The van der Waals surface area contributed by atoms with Crippen molar-refractivity contribution < 1.29 is 14.3 Å². The highest BCUT2D eigenvalue weighted by Crippen LogP contribution is 2.30. The Morgan fingerprint density at radius 1 is 0.929 bits per heavy atom. The molecule has 0 saturated heterocycles. The Labute approximate surface area is 164 Å². The number of nitrogens with one attached hydrogen (secondary N) is 1. The highest BCUT2D eigenvalue weighted by Gasteiger charge is 2.29. The van der Waals surface area contributed by atoms with Crippen LogP contribution in [0, 0.1) is 5.92 Å². The van der Waals surface area contributed by atoms with Crippen LogP contribution in [0.5, 0.6) is 5.75 Å². The Bertz CT molecular complexity index is 983. The Balaban J connectivity index is 1.48. The normalized spacial score (nSPS) is 15.4. The van der Waals surface area contributed by atoms with Crippen molar-refractivity contribution in [1.29, 1.82) is 0 Å². The fourth-order valence-corrected chi connectivity index (χ4v) is 3.41. The Morgan fingerprint density at radius 2 is 1.61 bits per heavy atom. The number of carbonyl (C=O) groups is 2. The van der Waals surface area contributed by atoms with Crippen molar-refractivity contribution in [2.75, 3.05) is 6.61 Å². The summed E-state index contributed by atoms with van der Waals surface area (Å²) < 4.78 is 5.79. The van der Waals surface area contributed by atoms with Gasteiger partial charge in [-0.3, -0.25) is 9.59 Å². The molecule has 0 saturated carbocycles. The minimum atomic E-state index is -0.238. The van der Waals surface area contributed by atoms with E-state index in [1.165, 1.54) is 0 Å². The van der Waals surface area contributed by atoms with Crippen LogP contribution >= 0.6 is 0 Å². The maximum Gasteiger partial charge on any atom is 0.251 e. The van der Waals surface area contributed by atoms with Gasteiger partial charge in [-0.1, -0.05) is 60.7 Å². The van der Waals surface area contributed by atoms with Crippen molar-refractivity contribution in [3.63, 3.8) is 0 Å². The van der Waals surface area contributed by atoms with Gasteiger partial charge < -0.3 is 10.1 Å². The minimum Gasteiger partial charge on any atom is -0.492 e. The van der Waals surface area contributed by atoms with Gasteiger partial charge >= 0.3 is 0 Å². The summed E-state index contributed by atoms with van der Waals surface area (Å²) >= 11 is 0. The average molecular weight is 371 g/mol. The van der Waals surface area contributed by atoms with Gasteiger partial charge in [-0.25, -0.2) is 0 Å². The average Bonchev–Trinajstić information content (AvgIpc) is 2.75. The zero-order valence-electron chi connectivity index (χ0n) is 15.4. The van der Waals surface area contributed by atoms with Gasteiger partial charge in [0.15, 0.2) is 5.78 Å². The van der Waals surface area contributed by atoms with E-state index in [4.69, 9.17) is 4.74 Å². The molecule has 4 rings (SSSR count). The molecule has 0 radical (unpaired) electrons. The molecule has 28 heavy (non-hydrogen) atoms. The predicted octanol–water partition coefficient (Wildman–Crippen LogP) is 4.05. The summed E-state index contributed by atoms with van der Waals surface area (Å²) in [6.45, 7) is 0.804. The Morgan fingerprint density at radius 3 is 2.32 bits per heavy atom. The number of amides is 1. The molecule has 1 aliphatic rings. The van der Waals surface area contributed by atoms with E-state index >= 15 is 0 Å². The molecule has 0 aromatic heterocycles. The maximum absolute atomic E-state index is 13.0. The zero-order chi connectivity index (χ0) is 19.3. The summed E-state index contributed by atoms with van der Waals surface area (Å²) in [5, 5.41) is 2.90. The molecule has 3 aromatic rings. The SMILES string of the molecule is O=C(NCc1ccccc1)c1ccc2c(c1)C(=O)C(Cc1ccccc1)CO2. The number of hydrogen-bond acceptors (Lipinski definition) is 3. The largest absolute Gasteiger partial charge is 0.492 e. The van der Waals surface area contributed by atoms with Gasteiger partial charge in [0.25, 0.3) is 5.91 Å². The van der Waals surface area contributed by atoms with E-state index in [0.29, 0.717) is 36.4 Å². The summed E-state index contributed by atoms with van der Waals surface area (Å²) in [5.41, 5.74) is 3.08. The second kappa shape index (κ2) is 8.09. The summed E-state index contributed by atoms with van der Waals surface area (Å²) in [7, 11) is 0. The van der Waals surface area contributed by atoms with E-state index in [1.54, 1.807) is 18.2 Å². The molecule has 3 aromatic carbocycles. The number of carbonyl (C=O) groups excluding carboxylic acids is 2. The number of Topliss-reactive ketones (excluding diaryl/α,β-unsaturated/α-hetero) is 1. The van der Waals surface area contributed by atoms with Gasteiger partial charge in [0.1, 0.15) is 5.75 Å². The van der Waals surface area contributed by atoms with Crippen molar-refractivity contribution in [3.8, 4) is 5.75 Å². The molecule has 4 nitrogen and oxygen atoms in total. The fraction of sp³-hybridized carbons (Fsp3) is 0.167. The minimum absolute atomic E-state index is 0.0304. The van der Waals surface area contributed by atoms with E-state index in [-0.39, 0.29) is 17.6 Å². The van der Waals surface area contributed by atoms with Gasteiger partial charge in [0.2, 0.25) is 0 Å². The second-order valence-corrected chi connectivity index (χ2v) is 6.94. The van der Waals surface area contributed by atoms with Crippen LogP contribution in [0.25, 0.3) is 0 Å². The van der Waals surface area contributed by atoms with E-state index < -0.39 is 0 Å². The Kier molecular flexibility index (Phi) is 5.20. The molecular formula is C24H21NO3. The third-order valence-electron chi connectivity index (χ3n) is 4.94. The van der Waals surface area contributed by atoms with Crippen molar-refractivity contribution in [2.45, 2.75) is 13.0 Å². The van der Waals surface area contributed by atoms with E-state index in [2.05, 4.69) is 5.32 Å². The van der Waals surface area contributed by atoms with Gasteiger partial charge in [-0.15, -0.1) is 0 Å². The second-order valence-electron chi connectivity index (χ2n) is 6.94. The van der Waals surface area contributed by atoms with Crippen LogP contribution in [-0.4, -0.2) is 18.3 Å². The van der Waals surface area contributed by atoms with Gasteiger partial charge in [0.05, 0.1) is 18.1 Å². The lowest BCUT2D eigenvalue weighted by molar-refractivity contribution is 0.0830. The quantitative estimate of drug-likeness (QED) is 0.736. The predicted molar refractivity (Wildman–Crippen MR) is 108 cm³/mol. The van der Waals surface area contributed by atoms with Crippen molar-refractivity contribution >= 4 is 11.7 Å². The van der Waals surface area contributed by atoms with Gasteiger partial charge in [-0.05, 0) is 35.7 Å². The number of hydrogen-bond donors (Lipinski definition) is 1. The fourth-order valence-electron chi connectivity index (χ4n) is 3.41. The van der Waals surface area contributed by atoms with Crippen molar-refractivity contribution in [3.05, 3.63) is 101 Å². The number of ketones is 1. The van der Waals surface area contributed by atoms with Crippen LogP contribution in [-0.2, 0) is 13.0 Å². The third-order valence-corrected chi connectivity index (χ3v) is 4.94. The van der Waals surface area contributed by atoms with Crippen molar-refractivity contribution in [1.82, 2.24) is 5.32 Å². The smallest absolute Gasteiger partial charge is 0.251 e. The van der Waals surface area contributed by atoms with Crippen LogP contribution in [0.3, 0.4) is 0 Å². The summed E-state index contributed by atoms with van der Waals surface area (Å²) in [4.78, 5) is 25.5. The molecule has 0 spiro atoms. The first kappa shape index (κ1) is 18.0. The Hall–Kier alpha value is -3.40. The summed E-state index contributed by atoms with van der Waals surface area (Å²) in [6.07, 6.45) is 0.629. The maximum atomic E-state index is 13.0. The summed E-state index contributed by atoms with van der Waals surface area (Å²) in [6, 6.07) is 24.7. The monoisotopic (exact) mass is 371 g/mol. The lowest BCUT2D eigenvalue weighted by Gasteiger charge is -2.24. The molecule has 1 N–H and O–H groups in total. The number of fused-ring (bicyclic) bond motifs is 1. The van der Waals surface area contributed by atoms with E-state index in [1.807, 2.05) is 60.7 Å². The molecule has 1 atom stereocenters. The number of benzene rings is 3. The molecule has 4 heteroatoms. The molecule has 1 unspecified atom stereocenters. The van der Waals surface area contributed by atoms with Crippen LogP contribution in [0.15, 0.2) is 78.9 Å². The van der Waals surface area contributed by atoms with Crippen molar-refractivity contribution in [2.24, 2.45) is 5.92 Å². The lowest BCUT2D eigenvalue weighted by Crippen LogP contribution is -2.30. The van der Waals surface area contributed by atoms with Crippen LogP contribution in [0.2, 0.25) is 0 Å². The molecule has 1 amide bonds. The first-order valence-corrected chi connectivity index (χ1v) is 9.38. The first-order valence-electron chi connectivity index (χ1n) is 9.38. The molecule has 0 aliphatic carbocycles. The highest BCUT2D eigenvalue weighted by molar-refractivity contribution is 6.04. The molecule has 0 fully saturated rings. The molecular weight excluding hydrogens is 350 g/mol. The molecule has 0 bridgehead atoms. The standard InChI is InChI=1S/C24H21NO3/c26-23-20(13-17-7-3-1-4-8-17)16-28-22-12-11-19(14-21(22)23)24(27)25-15-18-9-5-2-6-10-18/h1-12,14,20H,13,15-16H2,(H,25,27). The molecule has 140 valence electrons. The topological polar surface area (TPSA) is 55.4 Å². The number of rotatable bonds is 5. The first-order chi connectivity index (χ1) is 13.7. The number of ether oxygens (including phenoxy) is 1. The van der Waals surface area contributed by atoms with E-state index in [9.17, 15) is 9.59 Å². The third kappa shape index (κ3) is 3.96. The molecule has 1 heterocycles.